The summed E-state index contributed by atoms with van der Waals surface area (Å²) >= 11 is 0. The number of aryl methyl sites for hydroxylation is 1. The Hall–Kier alpha value is -2.34. The van der Waals surface area contributed by atoms with Gasteiger partial charge < -0.3 is 5.73 Å². The van der Waals surface area contributed by atoms with Gasteiger partial charge in [-0.3, -0.25) is 9.48 Å². The van der Waals surface area contributed by atoms with E-state index in [1.54, 1.807) is 10.9 Å². The van der Waals surface area contributed by atoms with Gasteiger partial charge in [0.05, 0.1) is 6.20 Å². The number of aromatic nitrogens is 2. The third-order valence-corrected chi connectivity index (χ3v) is 3.19. The first-order valence-corrected chi connectivity index (χ1v) is 5.97. The number of hydrogen-bond acceptors (Lipinski definition) is 4. The van der Waals surface area contributed by atoms with E-state index in [-0.39, 0.29) is 11.9 Å². The maximum atomic E-state index is 11.8. The van der Waals surface area contributed by atoms with Crippen molar-refractivity contribution in [2.75, 3.05) is 6.54 Å². The molecule has 0 fully saturated rings. The Morgan fingerprint density at radius 3 is 2.89 bits per heavy atom. The van der Waals surface area contributed by atoms with E-state index in [9.17, 15) is 4.79 Å². The normalized spacial score (nSPS) is 17.6. The molecule has 0 bridgehead atoms. The molecule has 0 saturated carbocycles. The summed E-state index contributed by atoms with van der Waals surface area (Å²) in [6.07, 6.45) is 3.66. The molecule has 2 N–H and O–H groups in total. The average molecular weight is 255 g/mol. The molecule has 1 aromatic heterocycles. The molecule has 2 heterocycles. The summed E-state index contributed by atoms with van der Waals surface area (Å²) < 4.78 is 1.72. The third-order valence-electron chi connectivity index (χ3n) is 3.19. The number of nitrogens with two attached hydrogens (primary N) is 1. The number of amides is 1. The maximum absolute atomic E-state index is 11.8. The number of rotatable bonds is 2. The standard InChI is InChI=1S/C13H13N5O/c1-18-7-9(6-15-18)8-2-3-10-11(4-8)13(19)17-16-12(10)5-14/h2-4,6-7,12H,5,14H2,1H3. The van der Waals surface area contributed by atoms with Crippen molar-refractivity contribution in [3.05, 3.63) is 41.7 Å². The molecule has 1 amide bonds. The minimum absolute atomic E-state index is 0.226. The van der Waals surface area contributed by atoms with Crippen LogP contribution in [-0.4, -0.2) is 22.2 Å². The molecular weight excluding hydrogens is 242 g/mol. The van der Waals surface area contributed by atoms with Crippen LogP contribution in [0.1, 0.15) is 22.0 Å². The van der Waals surface area contributed by atoms with Crippen molar-refractivity contribution >= 4 is 5.91 Å². The third kappa shape index (κ3) is 1.96. The highest BCUT2D eigenvalue weighted by Crippen LogP contribution is 2.30. The van der Waals surface area contributed by atoms with Gasteiger partial charge in [0, 0.05) is 30.9 Å². The van der Waals surface area contributed by atoms with Crippen molar-refractivity contribution in [1.82, 2.24) is 9.78 Å². The van der Waals surface area contributed by atoms with Crippen LogP contribution in [-0.2, 0) is 7.05 Å². The molecule has 0 saturated heterocycles. The number of carbonyl (C=O) groups excluding carboxylic acids is 1. The number of carbonyl (C=O) groups is 1. The Balaban J connectivity index is 2.09. The topological polar surface area (TPSA) is 85.6 Å². The molecule has 1 unspecified atom stereocenters. The zero-order valence-corrected chi connectivity index (χ0v) is 10.4. The van der Waals surface area contributed by atoms with Crippen LogP contribution >= 0.6 is 0 Å². The fourth-order valence-electron chi connectivity index (χ4n) is 2.19. The van der Waals surface area contributed by atoms with Gasteiger partial charge in [-0.1, -0.05) is 12.1 Å². The summed E-state index contributed by atoms with van der Waals surface area (Å²) in [5.74, 6) is -0.314. The van der Waals surface area contributed by atoms with Crippen LogP contribution in [0, 0.1) is 0 Å². The fraction of sp³-hybridized carbons (Fsp3) is 0.231. The molecule has 96 valence electrons. The minimum Gasteiger partial charge on any atom is -0.328 e. The SMILES string of the molecule is Cn1cc(-c2ccc3c(c2)C(=O)N=NC3CN)cn1. The van der Waals surface area contributed by atoms with Crippen LogP contribution in [0.3, 0.4) is 0 Å². The molecular formula is C13H13N5O. The molecule has 1 aliphatic heterocycles. The summed E-state index contributed by atoms with van der Waals surface area (Å²) in [4.78, 5) is 11.8. The summed E-state index contributed by atoms with van der Waals surface area (Å²) in [6, 6.07) is 5.45. The first kappa shape index (κ1) is 11.7. The number of fused-ring (bicyclic) bond motifs is 1. The van der Waals surface area contributed by atoms with Crippen molar-refractivity contribution in [1.29, 1.82) is 0 Å². The monoisotopic (exact) mass is 255 g/mol. The van der Waals surface area contributed by atoms with Crippen LogP contribution < -0.4 is 5.73 Å². The molecule has 2 aromatic rings. The van der Waals surface area contributed by atoms with Gasteiger partial charge in [0.2, 0.25) is 0 Å². The highest BCUT2D eigenvalue weighted by Gasteiger charge is 2.23. The lowest BCUT2D eigenvalue weighted by Gasteiger charge is -2.17. The molecule has 6 nitrogen and oxygen atoms in total. The smallest absolute Gasteiger partial charge is 0.295 e. The van der Waals surface area contributed by atoms with Gasteiger partial charge in [0.25, 0.3) is 5.91 Å². The second-order valence-electron chi connectivity index (χ2n) is 4.48. The van der Waals surface area contributed by atoms with Crippen LogP contribution in [0.5, 0.6) is 0 Å². The van der Waals surface area contributed by atoms with E-state index in [1.165, 1.54) is 0 Å². The van der Waals surface area contributed by atoms with Gasteiger partial charge in [-0.2, -0.15) is 10.2 Å². The van der Waals surface area contributed by atoms with E-state index in [0.717, 1.165) is 16.7 Å². The number of hydrogen-bond donors (Lipinski definition) is 1. The van der Waals surface area contributed by atoms with E-state index in [2.05, 4.69) is 15.3 Å². The zero-order chi connectivity index (χ0) is 13.4. The number of nitrogens with zero attached hydrogens (tertiary/aromatic N) is 4. The summed E-state index contributed by atoms with van der Waals surface area (Å²) in [5.41, 5.74) is 8.96. The Kier molecular flexibility index (Phi) is 2.72. The van der Waals surface area contributed by atoms with Gasteiger partial charge in [-0.05, 0) is 17.2 Å². The molecule has 0 spiro atoms. The van der Waals surface area contributed by atoms with Crippen molar-refractivity contribution < 1.29 is 4.79 Å². The number of azo groups is 1. The molecule has 19 heavy (non-hydrogen) atoms. The minimum atomic E-state index is -0.314. The van der Waals surface area contributed by atoms with Crippen LogP contribution in [0.25, 0.3) is 11.1 Å². The van der Waals surface area contributed by atoms with Crippen molar-refractivity contribution in [3.63, 3.8) is 0 Å². The Bertz CT molecular complexity index is 673. The molecule has 1 aliphatic rings. The Labute approximate surface area is 109 Å². The van der Waals surface area contributed by atoms with Crippen molar-refractivity contribution in [2.45, 2.75) is 6.04 Å². The van der Waals surface area contributed by atoms with Crippen molar-refractivity contribution in [2.24, 2.45) is 23.0 Å². The second-order valence-corrected chi connectivity index (χ2v) is 4.48. The maximum Gasteiger partial charge on any atom is 0.295 e. The fourth-order valence-corrected chi connectivity index (χ4v) is 2.19. The van der Waals surface area contributed by atoms with Gasteiger partial charge >= 0.3 is 0 Å². The predicted molar refractivity (Wildman–Crippen MR) is 69.6 cm³/mol. The second kappa shape index (κ2) is 4.40. The van der Waals surface area contributed by atoms with E-state index < -0.39 is 0 Å². The van der Waals surface area contributed by atoms with Gasteiger partial charge in [-0.15, -0.1) is 5.11 Å². The Morgan fingerprint density at radius 2 is 2.21 bits per heavy atom. The zero-order valence-electron chi connectivity index (χ0n) is 10.4. The highest BCUT2D eigenvalue weighted by atomic mass is 16.1. The summed E-state index contributed by atoms with van der Waals surface area (Å²) in [7, 11) is 1.85. The molecule has 0 radical (unpaired) electrons. The predicted octanol–water partition coefficient (Wildman–Crippen LogP) is 1.69. The van der Waals surface area contributed by atoms with Crippen LogP contribution in [0.15, 0.2) is 40.8 Å². The molecule has 1 aromatic carbocycles. The van der Waals surface area contributed by atoms with Gasteiger partial charge in [0.15, 0.2) is 0 Å². The van der Waals surface area contributed by atoms with E-state index >= 15 is 0 Å². The highest BCUT2D eigenvalue weighted by molar-refractivity contribution is 5.98. The lowest BCUT2D eigenvalue weighted by atomic mass is 9.95. The molecule has 1 atom stereocenters. The first-order chi connectivity index (χ1) is 9.19. The average Bonchev–Trinajstić information content (AvgIpc) is 2.86. The number of benzene rings is 1. The van der Waals surface area contributed by atoms with Gasteiger partial charge in [-0.25, -0.2) is 0 Å². The molecule has 0 aliphatic carbocycles. The van der Waals surface area contributed by atoms with Crippen molar-refractivity contribution in [3.8, 4) is 11.1 Å². The summed E-state index contributed by atoms with van der Waals surface area (Å²) in [6.45, 7) is 0.343. The molecule has 3 rings (SSSR count). The quantitative estimate of drug-likeness (QED) is 0.886. The first-order valence-electron chi connectivity index (χ1n) is 5.97. The lowest BCUT2D eigenvalue weighted by molar-refractivity contribution is 0.0985. The Morgan fingerprint density at radius 1 is 1.37 bits per heavy atom. The van der Waals surface area contributed by atoms with Gasteiger partial charge in [0.1, 0.15) is 6.04 Å². The van der Waals surface area contributed by atoms with E-state index in [0.29, 0.717) is 12.1 Å². The van der Waals surface area contributed by atoms with E-state index in [1.807, 2.05) is 31.4 Å². The van der Waals surface area contributed by atoms with E-state index in [4.69, 9.17) is 5.73 Å². The summed E-state index contributed by atoms with van der Waals surface area (Å²) in [5, 5.41) is 11.7. The molecule has 6 heteroatoms. The van der Waals surface area contributed by atoms with Crippen LogP contribution in [0.2, 0.25) is 0 Å². The lowest BCUT2D eigenvalue weighted by Crippen LogP contribution is -2.17. The van der Waals surface area contributed by atoms with Crippen LogP contribution in [0.4, 0.5) is 0 Å². The largest absolute Gasteiger partial charge is 0.328 e.